The topological polar surface area (TPSA) is 137 Å². The first-order valence-electron chi connectivity index (χ1n) is 13.1. The maximum Gasteiger partial charge on any atom is 0.243 e. The van der Waals surface area contributed by atoms with E-state index in [0.29, 0.717) is 37.1 Å². The standard InChI is InChI=1S/C28H30F2N8O4/c1-5-22(39)34-17-6-7-42-14-19(17)36-28-32-12-16-8-18(23-24(29)20(40-3)9-21(41-4)25(23)30)35-27(26(16)37-28)31-10-15-11-33-38(2)13-15/h5,8-9,11-13,17,19H,1,6-7,10,14H2,2-4H3,(H,31,35)(H,34,39)(H,32,36,37)/t17-,19+/m0/s1. The molecule has 0 unspecified atom stereocenters. The molecule has 0 saturated carbocycles. The Morgan fingerprint density at radius 3 is 2.60 bits per heavy atom. The van der Waals surface area contributed by atoms with Gasteiger partial charge in [-0.05, 0) is 18.6 Å². The van der Waals surface area contributed by atoms with Gasteiger partial charge in [0.15, 0.2) is 29.0 Å². The van der Waals surface area contributed by atoms with E-state index < -0.39 is 17.2 Å². The number of amides is 1. The van der Waals surface area contributed by atoms with Gasteiger partial charge in [-0.2, -0.15) is 5.10 Å². The first kappa shape index (κ1) is 28.7. The zero-order valence-electron chi connectivity index (χ0n) is 23.3. The third-order valence-electron chi connectivity index (χ3n) is 6.80. The number of anilines is 2. The quantitative estimate of drug-likeness (QED) is 0.240. The van der Waals surface area contributed by atoms with E-state index in [2.05, 4.69) is 42.6 Å². The lowest BCUT2D eigenvalue weighted by atomic mass is 10.0. The summed E-state index contributed by atoms with van der Waals surface area (Å²) in [6.45, 7) is 4.64. The van der Waals surface area contributed by atoms with E-state index in [9.17, 15) is 4.79 Å². The van der Waals surface area contributed by atoms with Gasteiger partial charge in [0.1, 0.15) is 5.52 Å². The van der Waals surface area contributed by atoms with Gasteiger partial charge in [0.2, 0.25) is 11.9 Å². The van der Waals surface area contributed by atoms with Crippen molar-refractivity contribution in [3.8, 4) is 22.8 Å². The normalized spacial score (nSPS) is 16.6. The number of pyridine rings is 1. The lowest BCUT2D eigenvalue weighted by molar-refractivity contribution is -0.117. The van der Waals surface area contributed by atoms with Crippen LogP contribution < -0.4 is 25.4 Å². The minimum absolute atomic E-state index is 0.0134. The number of benzene rings is 1. The number of hydrogen-bond donors (Lipinski definition) is 3. The first-order chi connectivity index (χ1) is 20.3. The molecule has 1 saturated heterocycles. The summed E-state index contributed by atoms with van der Waals surface area (Å²) < 4.78 is 48.3. The molecule has 5 rings (SSSR count). The Hall–Kier alpha value is -4.85. The summed E-state index contributed by atoms with van der Waals surface area (Å²) in [5.41, 5.74) is 0.825. The monoisotopic (exact) mass is 580 g/mol. The third kappa shape index (κ3) is 5.93. The largest absolute Gasteiger partial charge is 0.494 e. The van der Waals surface area contributed by atoms with Crippen LogP contribution in [0.25, 0.3) is 22.2 Å². The Morgan fingerprint density at radius 1 is 1.17 bits per heavy atom. The van der Waals surface area contributed by atoms with Crippen LogP contribution in [0.1, 0.15) is 12.0 Å². The molecule has 14 heteroatoms. The fourth-order valence-electron chi connectivity index (χ4n) is 4.68. The van der Waals surface area contributed by atoms with Crippen molar-refractivity contribution >= 4 is 28.6 Å². The van der Waals surface area contributed by atoms with E-state index >= 15 is 8.78 Å². The van der Waals surface area contributed by atoms with E-state index in [1.807, 2.05) is 6.20 Å². The molecule has 1 aromatic carbocycles. The van der Waals surface area contributed by atoms with Crippen molar-refractivity contribution < 1.29 is 27.8 Å². The number of methoxy groups -OCH3 is 2. The summed E-state index contributed by atoms with van der Waals surface area (Å²) >= 11 is 0. The van der Waals surface area contributed by atoms with Gasteiger partial charge in [-0.3, -0.25) is 9.48 Å². The van der Waals surface area contributed by atoms with Crippen molar-refractivity contribution in [2.45, 2.75) is 25.0 Å². The Labute approximate surface area is 240 Å². The molecule has 12 nitrogen and oxygen atoms in total. The number of aryl methyl sites for hydroxylation is 1. The molecule has 1 aliphatic heterocycles. The number of carbonyl (C=O) groups is 1. The second kappa shape index (κ2) is 12.3. The average molecular weight is 581 g/mol. The van der Waals surface area contributed by atoms with E-state index in [1.54, 1.807) is 17.9 Å². The lowest BCUT2D eigenvalue weighted by Crippen LogP contribution is -2.52. The van der Waals surface area contributed by atoms with Crippen LogP contribution in [-0.4, -0.2) is 70.2 Å². The number of nitrogens with one attached hydrogen (secondary N) is 3. The van der Waals surface area contributed by atoms with E-state index in [-0.39, 0.29) is 47.0 Å². The van der Waals surface area contributed by atoms with Crippen LogP contribution in [0.5, 0.6) is 11.5 Å². The van der Waals surface area contributed by atoms with Crippen molar-refractivity contribution in [2.24, 2.45) is 7.05 Å². The summed E-state index contributed by atoms with van der Waals surface area (Å²) in [5.74, 6) is -2.02. The van der Waals surface area contributed by atoms with Crippen LogP contribution in [0, 0.1) is 11.6 Å². The third-order valence-corrected chi connectivity index (χ3v) is 6.80. The molecular formula is C28H30F2N8O4. The number of hydrogen-bond acceptors (Lipinski definition) is 10. The first-order valence-corrected chi connectivity index (χ1v) is 13.1. The molecule has 0 bridgehead atoms. The van der Waals surface area contributed by atoms with E-state index in [1.165, 1.54) is 32.6 Å². The molecule has 3 aromatic heterocycles. The SMILES string of the molecule is C=CC(=O)N[C@H]1CCOC[C@H]1Nc1ncc2cc(-c3c(F)c(OC)cc(OC)c3F)nc(NCc3cnn(C)c3)c2n1. The maximum absolute atomic E-state index is 15.4. The van der Waals surface area contributed by atoms with Crippen molar-refractivity contribution in [1.29, 1.82) is 0 Å². The summed E-state index contributed by atoms with van der Waals surface area (Å²) in [6.07, 6.45) is 6.85. The van der Waals surface area contributed by atoms with Crippen LogP contribution in [0.15, 0.2) is 43.4 Å². The van der Waals surface area contributed by atoms with Crippen molar-refractivity contribution in [3.05, 3.63) is 60.6 Å². The van der Waals surface area contributed by atoms with Gasteiger partial charge in [0.05, 0.1) is 50.4 Å². The fraction of sp³-hybridized carbons (Fsp3) is 0.321. The molecule has 0 spiro atoms. The molecule has 42 heavy (non-hydrogen) atoms. The number of carbonyl (C=O) groups excluding carboxylic acids is 1. The predicted molar refractivity (Wildman–Crippen MR) is 151 cm³/mol. The van der Waals surface area contributed by atoms with Gasteiger partial charge < -0.3 is 30.2 Å². The molecule has 1 aliphatic rings. The average Bonchev–Trinajstić information content (AvgIpc) is 3.42. The summed E-state index contributed by atoms with van der Waals surface area (Å²) in [4.78, 5) is 25.6. The van der Waals surface area contributed by atoms with E-state index in [0.717, 1.165) is 11.6 Å². The fourth-order valence-corrected chi connectivity index (χ4v) is 4.68. The second-order valence-electron chi connectivity index (χ2n) is 9.58. The van der Waals surface area contributed by atoms with Gasteiger partial charge in [-0.1, -0.05) is 6.58 Å². The van der Waals surface area contributed by atoms with Crippen LogP contribution in [0.2, 0.25) is 0 Å². The molecule has 0 aliphatic carbocycles. The summed E-state index contributed by atoms with van der Waals surface area (Å²) in [7, 11) is 4.35. The molecule has 1 fully saturated rings. The van der Waals surface area contributed by atoms with Crippen LogP contribution in [0.3, 0.4) is 0 Å². The van der Waals surface area contributed by atoms with Crippen molar-refractivity contribution in [2.75, 3.05) is 38.1 Å². The Bertz CT molecular complexity index is 1600. The van der Waals surface area contributed by atoms with Gasteiger partial charge in [-0.15, -0.1) is 0 Å². The highest BCUT2D eigenvalue weighted by molar-refractivity contribution is 5.92. The molecule has 220 valence electrons. The molecular weight excluding hydrogens is 550 g/mol. The molecule has 0 radical (unpaired) electrons. The highest BCUT2D eigenvalue weighted by atomic mass is 19.1. The molecule has 3 N–H and O–H groups in total. The zero-order valence-corrected chi connectivity index (χ0v) is 23.3. The lowest BCUT2D eigenvalue weighted by Gasteiger charge is -2.32. The zero-order chi connectivity index (χ0) is 29.8. The smallest absolute Gasteiger partial charge is 0.243 e. The Kier molecular flexibility index (Phi) is 8.43. The highest BCUT2D eigenvalue weighted by Gasteiger charge is 2.28. The van der Waals surface area contributed by atoms with Gasteiger partial charge in [-0.25, -0.2) is 23.7 Å². The summed E-state index contributed by atoms with van der Waals surface area (Å²) in [6, 6.07) is 2.08. The van der Waals surface area contributed by atoms with Crippen LogP contribution in [-0.2, 0) is 23.1 Å². The Balaban J connectivity index is 1.57. The molecule has 4 heterocycles. The van der Waals surface area contributed by atoms with Gasteiger partial charge in [0, 0.05) is 49.6 Å². The van der Waals surface area contributed by atoms with Gasteiger partial charge >= 0.3 is 0 Å². The minimum atomic E-state index is -0.926. The van der Waals surface area contributed by atoms with Crippen molar-refractivity contribution in [1.82, 2.24) is 30.0 Å². The minimum Gasteiger partial charge on any atom is -0.494 e. The van der Waals surface area contributed by atoms with Crippen molar-refractivity contribution in [3.63, 3.8) is 0 Å². The number of fused-ring (bicyclic) bond motifs is 1. The number of rotatable bonds is 10. The van der Waals surface area contributed by atoms with Crippen LogP contribution in [0.4, 0.5) is 20.5 Å². The molecule has 4 aromatic rings. The number of nitrogens with zero attached hydrogens (tertiary/aromatic N) is 5. The predicted octanol–water partition coefficient (Wildman–Crippen LogP) is 3.20. The van der Waals surface area contributed by atoms with Gasteiger partial charge in [0.25, 0.3) is 0 Å². The number of aromatic nitrogens is 5. The summed E-state index contributed by atoms with van der Waals surface area (Å²) in [5, 5.41) is 14.0. The second-order valence-corrected chi connectivity index (χ2v) is 9.58. The molecule has 2 atom stereocenters. The maximum atomic E-state index is 15.4. The van der Waals surface area contributed by atoms with E-state index in [4.69, 9.17) is 14.2 Å². The molecule has 1 amide bonds. The number of halogens is 2. The number of ether oxygens (including phenoxy) is 3. The Morgan fingerprint density at radius 2 is 1.93 bits per heavy atom. The highest BCUT2D eigenvalue weighted by Crippen LogP contribution is 2.38. The van der Waals surface area contributed by atoms with Crippen LogP contribution >= 0.6 is 0 Å².